The monoisotopic (exact) mass is 655 g/mol. The van der Waals surface area contributed by atoms with Crippen molar-refractivity contribution >= 4 is 5.97 Å². The summed E-state index contributed by atoms with van der Waals surface area (Å²) >= 11 is 0. The van der Waals surface area contributed by atoms with Gasteiger partial charge in [-0.25, -0.2) is 4.79 Å². The summed E-state index contributed by atoms with van der Waals surface area (Å²) in [5.41, 5.74) is -4.11. The average Bonchev–Trinajstić information content (AvgIpc) is 3.65. The van der Waals surface area contributed by atoms with Gasteiger partial charge in [0.1, 0.15) is 37.2 Å². The number of likely N-dealkylation sites (tertiary alicyclic amines) is 1. The van der Waals surface area contributed by atoms with Crippen LogP contribution in [0.25, 0.3) is 0 Å². The number of nitrogens with zero attached hydrogens (tertiary/aromatic N) is 2. The Kier molecular flexibility index (Phi) is 16.4. The van der Waals surface area contributed by atoms with E-state index in [9.17, 15) is 27.6 Å². The minimum absolute atomic E-state index is 0.0260. The summed E-state index contributed by atoms with van der Waals surface area (Å²) in [4.78, 5) is 41.0. The number of terminal acetylenes is 1. The van der Waals surface area contributed by atoms with Gasteiger partial charge in [-0.1, -0.05) is 96.3 Å². The first kappa shape index (κ1) is 37.8. The lowest BCUT2D eigenvalue weighted by Crippen LogP contribution is -2.40. The van der Waals surface area contributed by atoms with E-state index in [-0.39, 0.29) is 31.6 Å². The minimum atomic E-state index is -4.96. The number of carbonyl (C=O) groups excluding carboxylic acids is 1. The molecule has 3 heterocycles. The zero-order chi connectivity index (χ0) is 33.4. The second kappa shape index (κ2) is 19.9. The molecular weight excluding hydrogens is 603 g/mol. The van der Waals surface area contributed by atoms with Gasteiger partial charge in [-0.2, -0.15) is 13.2 Å². The van der Waals surface area contributed by atoms with E-state index in [4.69, 9.17) is 20.6 Å². The van der Waals surface area contributed by atoms with E-state index < -0.39 is 41.4 Å². The van der Waals surface area contributed by atoms with Crippen LogP contribution in [-0.2, 0) is 25.2 Å². The number of nitrogens with one attached hydrogen (secondary N) is 1. The molecule has 0 saturated carbocycles. The Labute approximate surface area is 270 Å². The third-order valence-electron chi connectivity index (χ3n) is 8.97. The Morgan fingerprint density at radius 1 is 1.02 bits per heavy atom. The molecule has 0 unspecified atom stereocenters. The van der Waals surface area contributed by atoms with Gasteiger partial charge in [0.05, 0.1) is 6.10 Å². The van der Waals surface area contributed by atoms with E-state index in [2.05, 4.69) is 17.7 Å². The number of unbranched alkanes of at least 4 members (excludes halogenated alkanes) is 13. The van der Waals surface area contributed by atoms with Gasteiger partial charge in [0.15, 0.2) is 0 Å². The van der Waals surface area contributed by atoms with Crippen molar-refractivity contribution in [2.45, 2.75) is 147 Å². The minimum Gasteiger partial charge on any atom is -0.462 e. The highest BCUT2D eigenvalue weighted by Gasteiger charge is 2.41. The molecule has 2 aliphatic rings. The van der Waals surface area contributed by atoms with Gasteiger partial charge in [-0.05, 0) is 32.4 Å². The Bertz CT molecular complexity index is 1210. The SMILES string of the molecule is C#CCO[C@H]1C[C@H](n2cc(C(F)(F)F)c(=O)[nH]c2=O)O[C@@H]1COC(=O)[C@@H]1CCCN1CCCCCCCCCCCCCCCC. The van der Waals surface area contributed by atoms with Crippen molar-refractivity contribution < 1.29 is 32.2 Å². The van der Waals surface area contributed by atoms with Crippen LogP contribution in [0.5, 0.6) is 0 Å². The first-order valence-corrected chi connectivity index (χ1v) is 17.2. The van der Waals surface area contributed by atoms with Crippen molar-refractivity contribution in [3.63, 3.8) is 0 Å². The molecule has 2 aliphatic heterocycles. The second-order valence-corrected chi connectivity index (χ2v) is 12.5. The number of esters is 1. The van der Waals surface area contributed by atoms with Crippen LogP contribution in [0.4, 0.5) is 13.2 Å². The van der Waals surface area contributed by atoms with Gasteiger partial charge >= 0.3 is 17.8 Å². The normalized spacial score (nSPS) is 21.9. The molecule has 2 fully saturated rings. The molecule has 1 aromatic heterocycles. The topological polar surface area (TPSA) is 103 Å². The van der Waals surface area contributed by atoms with E-state index in [0.29, 0.717) is 17.2 Å². The molecule has 3 rings (SSSR count). The number of aromatic nitrogens is 2. The van der Waals surface area contributed by atoms with E-state index in [1.807, 2.05) is 0 Å². The molecule has 1 N–H and O–H groups in total. The molecule has 0 spiro atoms. The Morgan fingerprint density at radius 2 is 1.63 bits per heavy atom. The Hall–Kier alpha value is -2.62. The quantitative estimate of drug-likeness (QED) is 0.0936. The molecule has 12 heteroatoms. The average molecular weight is 656 g/mol. The summed E-state index contributed by atoms with van der Waals surface area (Å²) in [7, 11) is 0. The summed E-state index contributed by atoms with van der Waals surface area (Å²) < 4.78 is 57.7. The first-order chi connectivity index (χ1) is 22.2. The molecule has 0 bridgehead atoms. The lowest BCUT2D eigenvalue weighted by molar-refractivity contribution is -0.156. The first-order valence-electron chi connectivity index (χ1n) is 17.2. The van der Waals surface area contributed by atoms with E-state index in [0.717, 1.165) is 32.4 Å². The fraction of sp³-hybridized carbons (Fsp3) is 0.794. The number of alkyl halides is 3. The van der Waals surface area contributed by atoms with Crippen molar-refractivity contribution in [3.05, 3.63) is 32.6 Å². The van der Waals surface area contributed by atoms with E-state index >= 15 is 0 Å². The fourth-order valence-electron chi connectivity index (χ4n) is 6.38. The number of aromatic amines is 1. The molecule has 9 nitrogen and oxygen atoms in total. The number of H-pyrrole nitrogens is 1. The standard InChI is InChI=1S/C34H52F3N3O6/c1-3-5-6-7-8-9-10-11-12-13-14-15-16-17-20-39-21-18-19-27(39)32(42)45-25-29-28(44-22-4-2)23-30(46-29)40-24-26(34(35,36)37)31(41)38-33(40)43/h2,24,27-30H,3,5-23,25H2,1H3,(H,38,41,43)/t27-,28-,29+,30+/m0/s1. The van der Waals surface area contributed by atoms with Crippen LogP contribution in [0.2, 0.25) is 0 Å². The number of carbonyl (C=O) groups is 1. The van der Waals surface area contributed by atoms with Crippen molar-refractivity contribution in [2.24, 2.45) is 0 Å². The van der Waals surface area contributed by atoms with Crippen LogP contribution < -0.4 is 11.2 Å². The predicted octanol–water partition coefficient (Wildman–Crippen LogP) is 6.35. The largest absolute Gasteiger partial charge is 0.462 e. The van der Waals surface area contributed by atoms with Crippen LogP contribution in [0.1, 0.15) is 128 Å². The van der Waals surface area contributed by atoms with Crippen LogP contribution in [0, 0.1) is 12.3 Å². The maximum absolute atomic E-state index is 13.3. The molecule has 260 valence electrons. The maximum atomic E-state index is 13.3. The molecular formula is C34H52F3N3O6. The smallest absolute Gasteiger partial charge is 0.423 e. The molecule has 0 radical (unpaired) electrons. The van der Waals surface area contributed by atoms with Gasteiger partial charge < -0.3 is 14.2 Å². The number of halogens is 3. The lowest BCUT2D eigenvalue weighted by Gasteiger charge is -2.24. The maximum Gasteiger partial charge on any atom is 0.423 e. The summed E-state index contributed by atoms with van der Waals surface area (Å²) in [5.74, 6) is 1.95. The molecule has 0 aliphatic carbocycles. The highest BCUT2D eigenvalue weighted by molar-refractivity contribution is 5.76. The van der Waals surface area contributed by atoms with Crippen LogP contribution in [-0.4, -0.2) is 65.0 Å². The number of hydrogen-bond acceptors (Lipinski definition) is 7. The van der Waals surface area contributed by atoms with Crippen LogP contribution in [0.15, 0.2) is 15.8 Å². The third-order valence-corrected chi connectivity index (χ3v) is 8.97. The summed E-state index contributed by atoms with van der Waals surface area (Å²) in [5, 5.41) is 0. The predicted molar refractivity (Wildman–Crippen MR) is 169 cm³/mol. The van der Waals surface area contributed by atoms with Crippen molar-refractivity contribution in [3.8, 4) is 12.3 Å². The highest BCUT2D eigenvalue weighted by Crippen LogP contribution is 2.32. The Balaban J connectivity index is 1.39. The molecule has 0 amide bonds. The Morgan fingerprint density at radius 3 is 2.22 bits per heavy atom. The fourth-order valence-corrected chi connectivity index (χ4v) is 6.38. The van der Waals surface area contributed by atoms with Crippen molar-refractivity contribution in [2.75, 3.05) is 26.3 Å². The van der Waals surface area contributed by atoms with Crippen molar-refractivity contribution in [1.29, 1.82) is 0 Å². The van der Waals surface area contributed by atoms with Crippen LogP contribution >= 0.6 is 0 Å². The molecule has 0 aromatic carbocycles. The van der Waals surface area contributed by atoms with Gasteiger partial charge in [-0.3, -0.25) is 24.0 Å². The molecule has 46 heavy (non-hydrogen) atoms. The summed E-state index contributed by atoms with van der Waals surface area (Å²) in [6.07, 6.45) is 17.6. The van der Waals surface area contributed by atoms with Gasteiger partial charge in [0, 0.05) is 12.6 Å². The lowest BCUT2D eigenvalue weighted by atomic mass is 10.0. The highest BCUT2D eigenvalue weighted by atomic mass is 19.4. The molecule has 2 saturated heterocycles. The van der Waals surface area contributed by atoms with Gasteiger partial charge in [-0.15, -0.1) is 6.42 Å². The number of hydrogen-bond donors (Lipinski definition) is 1. The zero-order valence-corrected chi connectivity index (χ0v) is 27.3. The van der Waals surface area contributed by atoms with Gasteiger partial charge in [0.2, 0.25) is 0 Å². The zero-order valence-electron chi connectivity index (χ0n) is 27.3. The second-order valence-electron chi connectivity index (χ2n) is 12.5. The third kappa shape index (κ3) is 12.2. The number of rotatable bonds is 21. The molecule has 4 atom stereocenters. The van der Waals surface area contributed by atoms with Crippen LogP contribution in [0.3, 0.4) is 0 Å². The van der Waals surface area contributed by atoms with Crippen molar-refractivity contribution in [1.82, 2.24) is 14.5 Å². The number of ether oxygens (including phenoxy) is 3. The molecule has 1 aromatic rings. The summed E-state index contributed by atoms with van der Waals surface area (Å²) in [6.45, 7) is 3.58. The van der Waals surface area contributed by atoms with Gasteiger partial charge in [0.25, 0.3) is 5.56 Å². The summed E-state index contributed by atoms with van der Waals surface area (Å²) in [6, 6.07) is -0.361. The van der Waals surface area contributed by atoms with E-state index in [1.54, 1.807) is 4.98 Å². The van der Waals surface area contributed by atoms with E-state index in [1.165, 1.54) is 77.0 Å².